The molecule has 2 aromatic rings. The lowest BCUT2D eigenvalue weighted by molar-refractivity contribution is 0.462. The molecule has 0 aliphatic carbocycles. The van der Waals surface area contributed by atoms with Crippen LogP contribution in [-0.2, 0) is 0 Å². The van der Waals surface area contributed by atoms with E-state index < -0.39 is 0 Å². The van der Waals surface area contributed by atoms with Crippen LogP contribution in [0.2, 0.25) is 0 Å². The Morgan fingerprint density at radius 3 is 2.59 bits per heavy atom. The molecular weight excluding hydrogens is 214 g/mol. The van der Waals surface area contributed by atoms with Gasteiger partial charge in [-0.25, -0.2) is 4.98 Å². The van der Waals surface area contributed by atoms with Gasteiger partial charge in [0.1, 0.15) is 17.5 Å². The Morgan fingerprint density at radius 2 is 1.94 bits per heavy atom. The van der Waals surface area contributed by atoms with Crippen molar-refractivity contribution >= 4 is 5.69 Å². The van der Waals surface area contributed by atoms with Crippen molar-refractivity contribution in [1.82, 2.24) is 4.98 Å². The van der Waals surface area contributed by atoms with E-state index in [1.807, 2.05) is 37.4 Å². The van der Waals surface area contributed by atoms with Gasteiger partial charge in [-0.1, -0.05) is 6.07 Å². The molecule has 1 N–H and O–H groups in total. The summed E-state index contributed by atoms with van der Waals surface area (Å²) in [4.78, 5) is 4.03. The average Bonchev–Trinajstić information content (AvgIpc) is 2.40. The standard InChI is InChI=1S/C13H11N3O/c1-15-10-5-7-12(8-6-10)17-13-4-2-3-11(9-14)16-13/h2-8,15H,1H3. The smallest absolute Gasteiger partial charge is 0.220 e. The number of ether oxygens (including phenoxy) is 1. The summed E-state index contributed by atoms with van der Waals surface area (Å²) in [5, 5.41) is 11.7. The number of nitrogens with one attached hydrogen (secondary N) is 1. The minimum Gasteiger partial charge on any atom is -0.439 e. The Bertz CT molecular complexity index is 543. The molecular formula is C13H11N3O. The number of pyridine rings is 1. The van der Waals surface area contributed by atoms with Crippen molar-refractivity contribution in [3.8, 4) is 17.7 Å². The highest BCUT2D eigenvalue weighted by atomic mass is 16.5. The fraction of sp³-hybridized carbons (Fsp3) is 0.0769. The molecule has 4 nitrogen and oxygen atoms in total. The summed E-state index contributed by atoms with van der Waals surface area (Å²) >= 11 is 0. The van der Waals surface area contributed by atoms with Crippen LogP contribution in [-0.4, -0.2) is 12.0 Å². The highest BCUT2D eigenvalue weighted by molar-refractivity contribution is 5.46. The van der Waals surface area contributed by atoms with E-state index in [9.17, 15) is 0 Å². The zero-order chi connectivity index (χ0) is 12.1. The fourth-order valence-corrected chi connectivity index (χ4v) is 1.34. The minimum atomic E-state index is 0.342. The Morgan fingerprint density at radius 1 is 1.18 bits per heavy atom. The van der Waals surface area contributed by atoms with Gasteiger partial charge < -0.3 is 10.1 Å². The molecule has 2 rings (SSSR count). The van der Waals surface area contributed by atoms with E-state index in [1.54, 1.807) is 18.2 Å². The third kappa shape index (κ3) is 2.73. The van der Waals surface area contributed by atoms with Gasteiger partial charge >= 0.3 is 0 Å². The molecule has 0 amide bonds. The zero-order valence-electron chi connectivity index (χ0n) is 9.34. The van der Waals surface area contributed by atoms with Crippen LogP contribution in [0, 0.1) is 11.3 Å². The van der Waals surface area contributed by atoms with Gasteiger partial charge in [0, 0.05) is 18.8 Å². The summed E-state index contributed by atoms with van der Waals surface area (Å²) in [7, 11) is 1.85. The molecule has 0 bridgehead atoms. The number of anilines is 1. The lowest BCUT2D eigenvalue weighted by Crippen LogP contribution is -1.91. The van der Waals surface area contributed by atoms with E-state index in [2.05, 4.69) is 10.3 Å². The summed E-state index contributed by atoms with van der Waals surface area (Å²) in [6.07, 6.45) is 0. The number of nitrogens with zero attached hydrogens (tertiary/aromatic N) is 2. The Hall–Kier alpha value is -2.54. The molecule has 17 heavy (non-hydrogen) atoms. The van der Waals surface area contributed by atoms with Crippen molar-refractivity contribution in [3.63, 3.8) is 0 Å². The zero-order valence-corrected chi connectivity index (χ0v) is 9.34. The summed E-state index contributed by atoms with van der Waals surface area (Å²) in [6.45, 7) is 0. The van der Waals surface area contributed by atoms with Gasteiger partial charge in [0.15, 0.2) is 0 Å². The van der Waals surface area contributed by atoms with Crippen molar-refractivity contribution in [2.24, 2.45) is 0 Å². The molecule has 1 heterocycles. The molecule has 0 saturated carbocycles. The second-order valence-electron chi connectivity index (χ2n) is 3.35. The average molecular weight is 225 g/mol. The van der Waals surface area contributed by atoms with E-state index in [1.165, 1.54) is 0 Å². The van der Waals surface area contributed by atoms with E-state index in [0.29, 0.717) is 17.3 Å². The molecule has 0 aliphatic rings. The first-order valence-corrected chi connectivity index (χ1v) is 5.14. The van der Waals surface area contributed by atoms with E-state index in [-0.39, 0.29) is 0 Å². The highest BCUT2D eigenvalue weighted by Crippen LogP contribution is 2.21. The second kappa shape index (κ2) is 4.99. The quantitative estimate of drug-likeness (QED) is 0.872. The molecule has 0 unspecified atom stereocenters. The third-order valence-corrected chi connectivity index (χ3v) is 2.20. The first-order chi connectivity index (χ1) is 8.31. The third-order valence-electron chi connectivity index (χ3n) is 2.20. The predicted octanol–water partition coefficient (Wildman–Crippen LogP) is 2.79. The molecule has 0 radical (unpaired) electrons. The minimum absolute atomic E-state index is 0.342. The number of nitriles is 1. The largest absolute Gasteiger partial charge is 0.439 e. The lowest BCUT2D eigenvalue weighted by atomic mass is 10.3. The van der Waals surface area contributed by atoms with Crippen LogP contribution >= 0.6 is 0 Å². The molecule has 0 atom stereocenters. The molecule has 0 spiro atoms. The van der Waals surface area contributed by atoms with Crippen molar-refractivity contribution < 1.29 is 4.74 Å². The van der Waals surface area contributed by atoms with Crippen LogP contribution in [0.15, 0.2) is 42.5 Å². The van der Waals surface area contributed by atoms with Gasteiger partial charge in [0.05, 0.1) is 0 Å². The Labute approximate surface area is 99.5 Å². The van der Waals surface area contributed by atoms with Crippen molar-refractivity contribution in [3.05, 3.63) is 48.2 Å². The number of benzene rings is 1. The van der Waals surface area contributed by atoms with Crippen LogP contribution in [0.3, 0.4) is 0 Å². The van der Waals surface area contributed by atoms with Crippen molar-refractivity contribution in [2.45, 2.75) is 0 Å². The number of hydrogen-bond acceptors (Lipinski definition) is 4. The summed E-state index contributed by atoms with van der Waals surface area (Å²) in [5.41, 5.74) is 1.35. The van der Waals surface area contributed by atoms with Crippen molar-refractivity contribution in [1.29, 1.82) is 5.26 Å². The fourth-order valence-electron chi connectivity index (χ4n) is 1.34. The molecule has 1 aromatic carbocycles. The monoisotopic (exact) mass is 225 g/mol. The molecule has 4 heteroatoms. The van der Waals surface area contributed by atoms with Gasteiger partial charge in [0.2, 0.25) is 5.88 Å². The van der Waals surface area contributed by atoms with Crippen LogP contribution in [0.25, 0.3) is 0 Å². The van der Waals surface area contributed by atoms with Crippen LogP contribution in [0.4, 0.5) is 5.69 Å². The van der Waals surface area contributed by atoms with Gasteiger partial charge in [-0.2, -0.15) is 5.26 Å². The van der Waals surface area contributed by atoms with E-state index in [0.717, 1.165) is 5.69 Å². The lowest BCUT2D eigenvalue weighted by Gasteiger charge is -2.05. The van der Waals surface area contributed by atoms with E-state index >= 15 is 0 Å². The normalized spacial score (nSPS) is 9.41. The van der Waals surface area contributed by atoms with E-state index in [4.69, 9.17) is 10.00 Å². The first-order valence-electron chi connectivity index (χ1n) is 5.14. The topological polar surface area (TPSA) is 57.9 Å². The predicted molar refractivity (Wildman–Crippen MR) is 65.0 cm³/mol. The first kappa shape index (κ1) is 11.0. The Balaban J connectivity index is 2.16. The molecule has 0 fully saturated rings. The second-order valence-corrected chi connectivity index (χ2v) is 3.35. The maximum Gasteiger partial charge on any atom is 0.220 e. The SMILES string of the molecule is CNc1ccc(Oc2cccc(C#N)n2)cc1. The number of hydrogen-bond donors (Lipinski definition) is 1. The highest BCUT2D eigenvalue weighted by Gasteiger charge is 2.00. The van der Waals surface area contributed by atoms with Gasteiger partial charge in [0.25, 0.3) is 0 Å². The summed E-state index contributed by atoms with van der Waals surface area (Å²) < 4.78 is 5.53. The van der Waals surface area contributed by atoms with Gasteiger partial charge in [-0.3, -0.25) is 0 Å². The number of aromatic nitrogens is 1. The maximum atomic E-state index is 8.72. The molecule has 0 saturated heterocycles. The summed E-state index contributed by atoms with van der Waals surface area (Å²) in [6, 6.07) is 14.6. The van der Waals surface area contributed by atoms with Gasteiger partial charge in [-0.15, -0.1) is 0 Å². The molecule has 1 aromatic heterocycles. The maximum absolute atomic E-state index is 8.72. The summed E-state index contributed by atoms with van der Waals surface area (Å²) in [5.74, 6) is 1.10. The Kier molecular flexibility index (Phi) is 3.22. The van der Waals surface area contributed by atoms with Crippen LogP contribution < -0.4 is 10.1 Å². The molecule has 84 valence electrons. The molecule has 0 aliphatic heterocycles. The number of rotatable bonds is 3. The van der Waals surface area contributed by atoms with Crippen LogP contribution in [0.1, 0.15) is 5.69 Å². The van der Waals surface area contributed by atoms with Crippen LogP contribution in [0.5, 0.6) is 11.6 Å². The van der Waals surface area contributed by atoms with Crippen molar-refractivity contribution in [2.75, 3.05) is 12.4 Å². The van der Waals surface area contributed by atoms with Gasteiger partial charge in [-0.05, 0) is 30.3 Å².